The zero-order chi connectivity index (χ0) is 16.7. The van der Waals surface area contributed by atoms with Gasteiger partial charge in [0.15, 0.2) is 0 Å². The van der Waals surface area contributed by atoms with E-state index in [0.717, 1.165) is 15.8 Å². The van der Waals surface area contributed by atoms with Gasteiger partial charge in [0.25, 0.3) is 5.91 Å². The molecule has 0 heterocycles. The Balaban J connectivity index is 1.76. The van der Waals surface area contributed by atoms with Gasteiger partial charge in [0, 0.05) is 16.6 Å². The van der Waals surface area contributed by atoms with Crippen LogP contribution in [0.3, 0.4) is 0 Å². The minimum atomic E-state index is -0.280. The fraction of sp³-hybridized carbons (Fsp3) is 0.176. The molecule has 120 valence electrons. The van der Waals surface area contributed by atoms with Crippen molar-refractivity contribution in [3.05, 3.63) is 64.1 Å². The topological polar surface area (TPSA) is 67.4 Å². The van der Waals surface area contributed by atoms with Gasteiger partial charge in [-0.2, -0.15) is 0 Å². The summed E-state index contributed by atoms with van der Waals surface area (Å²) >= 11 is 3.30. The molecule has 0 aliphatic heterocycles. The monoisotopic (exact) mass is 376 g/mol. The van der Waals surface area contributed by atoms with Gasteiger partial charge in [-0.05, 0) is 42.0 Å². The van der Waals surface area contributed by atoms with Crippen LogP contribution < -0.4 is 15.4 Å². The van der Waals surface area contributed by atoms with E-state index in [1.165, 1.54) is 0 Å². The fourth-order valence-electron chi connectivity index (χ4n) is 1.87. The number of amides is 2. The summed E-state index contributed by atoms with van der Waals surface area (Å²) in [6, 6.07) is 14.3. The Labute approximate surface area is 143 Å². The van der Waals surface area contributed by atoms with E-state index in [0.29, 0.717) is 12.1 Å². The summed E-state index contributed by atoms with van der Waals surface area (Å²) in [5, 5.41) is 5.34. The van der Waals surface area contributed by atoms with Crippen molar-refractivity contribution in [3.8, 4) is 5.75 Å². The summed E-state index contributed by atoms with van der Waals surface area (Å²) < 4.78 is 5.97. The third-order valence-electron chi connectivity index (χ3n) is 3.16. The number of ether oxygens (including phenoxy) is 1. The number of benzene rings is 2. The summed E-state index contributed by atoms with van der Waals surface area (Å²) in [6.07, 6.45) is 0. The standard InChI is InChI=1S/C17H17BrN2O3/c1-23-15-8-2-12(3-9-15)10-19-16(21)11-20-17(22)13-4-6-14(18)7-5-13/h2-9H,10-11H2,1H3,(H,19,21)(H,20,22). The lowest BCUT2D eigenvalue weighted by atomic mass is 10.2. The van der Waals surface area contributed by atoms with Gasteiger partial charge in [0.05, 0.1) is 13.7 Å². The van der Waals surface area contributed by atoms with Crippen molar-refractivity contribution in [2.75, 3.05) is 13.7 Å². The van der Waals surface area contributed by atoms with Gasteiger partial charge < -0.3 is 15.4 Å². The molecule has 0 aliphatic rings. The number of carbonyl (C=O) groups is 2. The molecule has 0 fully saturated rings. The molecule has 0 atom stereocenters. The smallest absolute Gasteiger partial charge is 0.251 e. The summed E-state index contributed by atoms with van der Waals surface area (Å²) in [7, 11) is 1.60. The first kappa shape index (κ1) is 17.0. The van der Waals surface area contributed by atoms with E-state index in [1.807, 2.05) is 24.3 Å². The van der Waals surface area contributed by atoms with Gasteiger partial charge >= 0.3 is 0 Å². The summed E-state index contributed by atoms with van der Waals surface area (Å²) in [5.41, 5.74) is 1.47. The second-order valence-corrected chi connectivity index (χ2v) is 5.73. The zero-order valence-electron chi connectivity index (χ0n) is 12.6. The van der Waals surface area contributed by atoms with E-state index in [9.17, 15) is 9.59 Å². The molecule has 0 saturated carbocycles. The van der Waals surface area contributed by atoms with E-state index in [1.54, 1.807) is 31.4 Å². The molecule has 23 heavy (non-hydrogen) atoms. The number of methoxy groups -OCH3 is 1. The van der Waals surface area contributed by atoms with Crippen molar-refractivity contribution in [1.82, 2.24) is 10.6 Å². The molecule has 0 saturated heterocycles. The largest absolute Gasteiger partial charge is 0.497 e. The highest BCUT2D eigenvalue weighted by Gasteiger charge is 2.07. The van der Waals surface area contributed by atoms with Crippen LogP contribution in [0.25, 0.3) is 0 Å². The zero-order valence-corrected chi connectivity index (χ0v) is 14.2. The lowest BCUT2D eigenvalue weighted by molar-refractivity contribution is -0.120. The molecule has 2 amide bonds. The molecular formula is C17H17BrN2O3. The van der Waals surface area contributed by atoms with E-state index in [2.05, 4.69) is 26.6 Å². The molecule has 0 radical (unpaired) electrons. The average Bonchev–Trinajstić information content (AvgIpc) is 2.59. The van der Waals surface area contributed by atoms with E-state index in [4.69, 9.17) is 4.74 Å². The summed E-state index contributed by atoms with van der Waals surface area (Å²) in [5.74, 6) is 0.241. The van der Waals surface area contributed by atoms with E-state index >= 15 is 0 Å². The maximum Gasteiger partial charge on any atom is 0.251 e. The third kappa shape index (κ3) is 5.41. The van der Waals surface area contributed by atoms with Crippen LogP contribution in [0, 0.1) is 0 Å². The molecular weight excluding hydrogens is 360 g/mol. The number of halogens is 1. The van der Waals surface area contributed by atoms with Crippen LogP contribution in [0.1, 0.15) is 15.9 Å². The Morgan fingerprint density at radius 3 is 2.26 bits per heavy atom. The van der Waals surface area contributed by atoms with Gasteiger partial charge in [-0.1, -0.05) is 28.1 Å². The van der Waals surface area contributed by atoms with Crippen LogP contribution in [0.2, 0.25) is 0 Å². The van der Waals surface area contributed by atoms with Crippen molar-refractivity contribution in [3.63, 3.8) is 0 Å². The maximum absolute atomic E-state index is 11.9. The highest BCUT2D eigenvalue weighted by Crippen LogP contribution is 2.11. The summed E-state index contributed by atoms with van der Waals surface area (Å²) in [6.45, 7) is 0.335. The number of hydrogen-bond acceptors (Lipinski definition) is 3. The molecule has 0 spiro atoms. The fourth-order valence-corrected chi connectivity index (χ4v) is 2.13. The number of hydrogen-bond donors (Lipinski definition) is 2. The van der Waals surface area contributed by atoms with Crippen LogP contribution in [0.4, 0.5) is 0 Å². The van der Waals surface area contributed by atoms with Gasteiger partial charge in [-0.3, -0.25) is 9.59 Å². The maximum atomic E-state index is 11.9. The molecule has 0 bridgehead atoms. The third-order valence-corrected chi connectivity index (χ3v) is 3.69. The number of carbonyl (C=O) groups excluding carboxylic acids is 2. The molecule has 5 nitrogen and oxygen atoms in total. The van der Waals surface area contributed by atoms with Crippen molar-refractivity contribution in [2.24, 2.45) is 0 Å². The molecule has 0 aliphatic carbocycles. The molecule has 6 heteroatoms. The van der Waals surface area contributed by atoms with E-state index in [-0.39, 0.29) is 18.4 Å². The first-order valence-corrected chi connectivity index (χ1v) is 7.81. The quantitative estimate of drug-likeness (QED) is 0.813. The average molecular weight is 377 g/mol. The Morgan fingerprint density at radius 1 is 1.00 bits per heavy atom. The van der Waals surface area contributed by atoms with Crippen LogP contribution in [-0.2, 0) is 11.3 Å². The number of rotatable bonds is 6. The van der Waals surface area contributed by atoms with Crippen LogP contribution >= 0.6 is 15.9 Å². The van der Waals surface area contributed by atoms with Gasteiger partial charge in [0.1, 0.15) is 5.75 Å². The second-order valence-electron chi connectivity index (χ2n) is 4.81. The predicted octanol–water partition coefficient (Wildman–Crippen LogP) is 2.50. The van der Waals surface area contributed by atoms with Crippen LogP contribution in [-0.4, -0.2) is 25.5 Å². The Hall–Kier alpha value is -2.34. The predicted molar refractivity (Wildman–Crippen MR) is 91.3 cm³/mol. The molecule has 2 aromatic rings. The normalized spacial score (nSPS) is 10.0. The highest BCUT2D eigenvalue weighted by molar-refractivity contribution is 9.10. The minimum absolute atomic E-state index is 0.0644. The Bertz CT molecular complexity index is 669. The van der Waals surface area contributed by atoms with Crippen LogP contribution in [0.5, 0.6) is 5.75 Å². The Kier molecular flexibility index (Phi) is 6.17. The second kappa shape index (κ2) is 8.33. The minimum Gasteiger partial charge on any atom is -0.497 e. The van der Waals surface area contributed by atoms with Crippen molar-refractivity contribution in [2.45, 2.75) is 6.54 Å². The van der Waals surface area contributed by atoms with Gasteiger partial charge in [-0.15, -0.1) is 0 Å². The molecule has 0 unspecified atom stereocenters. The van der Waals surface area contributed by atoms with Gasteiger partial charge in [0.2, 0.25) is 5.91 Å². The van der Waals surface area contributed by atoms with Crippen molar-refractivity contribution < 1.29 is 14.3 Å². The molecule has 2 aromatic carbocycles. The first-order chi connectivity index (χ1) is 11.1. The molecule has 0 aromatic heterocycles. The number of nitrogens with one attached hydrogen (secondary N) is 2. The molecule has 2 rings (SSSR count). The van der Waals surface area contributed by atoms with E-state index < -0.39 is 0 Å². The van der Waals surface area contributed by atoms with Crippen molar-refractivity contribution in [1.29, 1.82) is 0 Å². The Morgan fingerprint density at radius 2 is 1.65 bits per heavy atom. The van der Waals surface area contributed by atoms with Crippen LogP contribution in [0.15, 0.2) is 53.0 Å². The summed E-state index contributed by atoms with van der Waals surface area (Å²) in [4.78, 5) is 23.7. The van der Waals surface area contributed by atoms with Crippen molar-refractivity contribution >= 4 is 27.7 Å². The highest BCUT2D eigenvalue weighted by atomic mass is 79.9. The lowest BCUT2D eigenvalue weighted by Gasteiger charge is -2.08. The SMILES string of the molecule is COc1ccc(CNC(=O)CNC(=O)c2ccc(Br)cc2)cc1. The lowest BCUT2D eigenvalue weighted by Crippen LogP contribution is -2.36. The van der Waals surface area contributed by atoms with Gasteiger partial charge in [-0.25, -0.2) is 0 Å². The molecule has 2 N–H and O–H groups in total. The first-order valence-electron chi connectivity index (χ1n) is 7.02.